The highest BCUT2D eigenvalue weighted by Crippen LogP contribution is 2.32. The molecule has 32 heavy (non-hydrogen) atoms. The minimum absolute atomic E-state index is 0.0315. The van der Waals surface area contributed by atoms with Crippen molar-refractivity contribution in [2.45, 2.75) is 30.2 Å². The number of fused-ring (bicyclic) bond motifs is 1. The number of thioether (sulfide) groups is 1. The molecule has 2 amide bonds. The summed E-state index contributed by atoms with van der Waals surface area (Å²) < 4.78 is 13.9. The molecule has 0 unspecified atom stereocenters. The average Bonchev–Trinajstić information content (AvgIpc) is 2.75. The third kappa shape index (κ3) is 4.68. The predicted molar refractivity (Wildman–Crippen MR) is 122 cm³/mol. The number of aryl methyl sites for hydroxylation is 1. The van der Waals surface area contributed by atoms with Gasteiger partial charge in [-0.15, -0.1) is 0 Å². The van der Waals surface area contributed by atoms with E-state index in [0.717, 1.165) is 17.3 Å². The van der Waals surface area contributed by atoms with E-state index in [2.05, 4.69) is 20.6 Å². The van der Waals surface area contributed by atoms with Crippen LogP contribution in [0.3, 0.4) is 0 Å². The van der Waals surface area contributed by atoms with E-state index in [1.807, 2.05) is 0 Å². The summed E-state index contributed by atoms with van der Waals surface area (Å²) in [6, 6.07) is 11.4. The molecule has 164 valence electrons. The molecule has 0 aliphatic carbocycles. The summed E-state index contributed by atoms with van der Waals surface area (Å²) in [4.78, 5) is 44.9. The second kappa shape index (κ2) is 9.13. The SMILES string of the molecule is Cc1ccc(Cl)cc1NC(=O)[C@@H]1CC(=O)Nc2nc(SCc3ccccc3F)[nH]c(=O)c21. The molecule has 0 saturated heterocycles. The lowest BCUT2D eigenvalue weighted by molar-refractivity contribution is -0.123. The van der Waals surface area contributed by atoms with Crippen LogP contribution in [0.2, 0.25) is 5.02 Å². The van der Waals surface area contributed by atoms with Crippen molar-refractivity contribution >= 4 is 46.7 Å². The quantitative estimate of drug-likeness (QED) is 0.381. The van der Waals surface area contributed by atoms with Crippen LogP contribution in [0.5, 0.6) is 0 Å². The van der Waals surface area contributed by atoms with Gasteiger partial charge in [-0.3, -0.25) is 14.4 Å². The van der Waals surface area contributed by atoms with Crippen LogP contribution in [-0.4, -0.2) is 21.8 Å². The van der Waals surface area contributed by atoms with Gasteiger partial charge in [0.1, 0.15) is 11.6 Å². The van der Waals surface area contributed by atoms with Gasteiger partial charge in [-0.25, -0.2) is 9.37 Å². The number of carbonyl (C=O) groups is 2. The summed E-state index contributed by atoms with van der Waals surface area (Å²) in [5, 5.41) is 5.97. The maximum absolute atomic E-state index is 13.9. The van der Waals surface area contributed by atoms with Crippen LogP contribution in [0, 0.1) is 12.7 Å². The predicted octanol–water partition coefficient (Wildman–Crippen LogP) is 4.23. The molecule has 3 N–H and O–H groups in total. The van der Waals surface area contributed by atoms with E-state index in [1.54, 1.807) is 43.3 Å². The number of aromatic amines is 1. The van der Waals surface area contributed by atoms with Crippen LogP contribution in [0.25, 0.3) is 0 Å². The van der Waals surface area contributed by atoms with Crippen molar-refractivity contribution in [2.75, 3.05) is 10.6 Å². The van der Waals surface area contributed by atoms with Gasteiger partial charge in [-0.2, -0.15) is 0 Å². The fraction of sp³-hybridized carbons (Fsp3) is 0.182. The van der Waals surface area contributed by atoms with Crippen LogP contribution in [0.15, 0.2) is 52.4 Å². The molecule has 2 aromatic carbocycles. The summed E-state index contributed by atoms with van der Waals surface area (Å²) in [5.41, 5.74) is 1.29. The Morgan fingerprint density at radius 1 is 1.28 bits per heavy atom. The summed E-state index contributed by atoms with van der Waals surface area (Å²) in [6.45, 7) is 1.81. The van der Waals surface area contributed by atoms with Crippen LogP contribution in [-0.2, 0) is 15.3 Å². The Morgan fingerprint density at radius 3 is 2.84 bits per heavy atom. The second-order valence-corrected chi connectivity index (χ2v) is 8.67. The topological polar surface area (TPSA) is 104 Å². The van der Waals surface area contributed by atoms with E-state index in [-0.39, 0.29) is 34.5 Å². The first-order chi connectivity index (χ1) is 15.3. The van der Waals surface area contributed by atoms with Crippen molar-refractivity contribution in [1.82, 2.24) is 9.97 Å². The minimum Gasteiger partial charge on any atom is -0.325 e. The largest absolute Gasteiger partial charge is 0.325 e. The first-order valence-corrected chi connectivity index (χ1v) is 11.1. The number of nitrogens with zero attached hydrogens (tertiary/aromatic N) is 1. The van der Waals surface area contributed by atoms with Crippen molar-refractivity contribution in [2.24, 2.45) is 0 Å². The Balaban J connectivity index is 1.60. The monoisotopic (exact) mass is 472 g/mol. The molecule has 4 rings (SSSR count). The Kier molecular flexibility index (Phi) is 6.29. The molecule has 0 fully saturated rings. The highest BCUT2D eigenvalue weighted by Gasteiger charge is 2.35. The lowest BCUT2D eigenvalue weighted by Crippen LogP contribution is -2.36. The third-order valence-corrected chi connectivity index (χ3v) is 6.18. The minimum atomic E-state index is -1.01. The summed E-state index contributed by atoms with van der Waals surface area (Å²) in [7, 11) is 0. The summed E-state index contributed by atoms with van der Waals surface area (Å²) in [6.07, 6.45) is -0.190. The highest BCUT2D eigenvalue weighted by atomic mass is 35.5. The van der Waals surface area contributed by atoms with Gasteiger partial charge in [-0.1, -0.05) is 47.6 Å². The molecule has 1 atom stereocenters. The molecule has 0 bridgehead atoms. The molecule has 2 heterocycles. The number of rotatable bonds is 5. The van der Waals surface area contributed by atoms with Gasteiger partial charge in [0.25, 0.3) is 5.56 Å². The standard InChI is InChI=1S/C22H18ClFN4O3S/c1-11-6-7-13(23)8-16(11)25-20(30)14-9-17(29)26-19-18(14)21(31)28-22(27-19)32-10-12-4-2-3-5-15(12)24/h2-8,14H,9-10H2,1H3,(H,25,30)(H2,26,27,28,29,31)/t14-/m1/s1. The van der Waals surface area contributed by atoms with E-state index in [0.29, 0.717) is 16.3 Å². The number of halogens is 2. The molecule has 1 aliphatic heterocycles. The van der Waals surface area contributed by atoms with Crippen molar-refractivity contribution in [3.63, 3.8) is 0 Å². The molecule has 10 heteroatoms. The lowest BCUT2D eigenvalue weighted by atomic mass is 9.92. The number of hydrogen-bond donors (Lipinski definition) is 3. The number of carbonyl (C=O) groups excluding carboxylic acids is 2. The van der Waals surface area contributed by atoms with Gasteiger partial charge in [-0.05, 0) is 36.2 Å². The number of benzene rings is 2. The molecule has 0 spiro atoms. The Hall–Kier alpha value is -3.17. The zero-order chi connectivity index (χ0) is 22.8. The second-order valence-electron chi connectivity index (χ2n) is 7.27. The van der Waals surface area contributed by atoms with Crippen molar-refractivity contribution < 1.29 is 14.0 Å². The summed E-state index contributed by atoms with van der Waals surface area (Å²) >= 11 is 7.13. The van der Waals surface area contributed by atoms with Crippen molar-refractivity contribution in [3.05, 3.63) is 80.3 Å². The number of amides is 2. The van der Waals surface area contributed by atoms with Crippen LogP contribution in [0.1, 0.15) is 29.0 Å². The van der Waals surface area contributed by atoms with Crippen molar-refractivity contribution in [1.29, 1.82) is 0 Å². The van der Waals surface area contributed by atoms with Gasteiger partial charge < -0.3 is 15.6 Å². The fourth-order valence-corrected chi connectivity index (χ4v) is 4.37. The van der Waals surface area contributed by atoms with Gasteiger partial charge in [0.15, 0.2) is 5.16 Å². The van der Waals surface area contributed by atoms with E-state index < -0.39 is 23.3 Å². The van der Waals surface area contributed by atoms with Gasteiger partial charge in [0.2, 0.25) is 11.8 Å². The lowest BCUT2D eigenvalue weighted by Gasteiger charge is -2.24. The van der Waals surface area contributed by atoms with Gasteiger partial charge in [0, 0.05) is 22.9 Å². The number of hydrogen-bond acceptors (Lipinski definition) is 5. The molecule has 0 radical (unpaired) electrons. The molecule has 3 aromatic rings. The molecule has 7 nitrogen and oxygen atoms in total. The van der Waals surface area contributed by atoms with E-state index >= 15 is 0 Å². The summed E-state index contributed by atoms with van der Waals surface area (Å²) in [5.74, 6) is -2.04. The van der Waals surface area contributed by atoms with Crippen LogP contribution >= 0.6 is 23.4 Å². The zero-order valence-corrected chi connectivity index (χ0v) is 18.4. The molecular weight excluding hydrogens is 455 g/mol. The number of nitrogens with one attached hydrogen (secondary N) is 3. The van der Waals surface area contributed by atoms with Crippen molar-refractivity contribution in [3.8, 4) is 0 Å². The first-order valence-electron chi connectivity index (χ1n) is 9.69. The van der Waals surface area contributed by atoms with Gasteiger partial charge in [0.05, 0.1) is 11.5 Å². The van der Waals surface area contributed by atoms with E-state index in [1.165, 1.54) is 6.07 Å². The molecule has 0 saturated carbocycles. The smallest absolute Gasteiger partial charge is 0.257 e. The molecule has 1 aliphatic rings. The van der Waals surface area contributed by atoms with E-state index in [4.69, 9.17) is 11.6 Å². The maximum Gasteiger partial charge on any atom is 0.257 e. The number of anilines is 2. The van der Waals surface area contributed by atoms with E-state index in [9.17, 15) is 18.8 Å². The fourth-order valence-electron chi connectivity index (χ4n) is 3.35. The first kappa shape index (κ1) is 22.0. The number of aromatic nitrogens is 2. The Labute approximate surface area is 191 Å². The Bertz CT molecular complexity index is 1280. The molecule has 1 aromatic heterocycles. The number of H-pyrrole nitrogens is 1. The zero-order valence-electron chi connectivity index (χ0n) is 16.9. The highest BCUT2D eigenvalue weighted by molar-refractivity contribution is 7.98. The van der Waals surface area contributed by atoms with Crippen LogP contribution in [0.4, 0.5) is 15.9 Å². The van der Waals surface area contributed by atoms with Crippen LogP contribution < -0.4 is 16.2 Å². The normalized spacial score (nSPS) is 15.1. The maximum atomic E-state index is 13.9. The third-order valence-electron chi connectivity index (χ3n) is 5.03. The van der Waals surface area contributed by atoms with Gasteiger partial charge >= 0.3 is 0 Å². The Morgan fingerprint density at radius 2 is 2.06 bits per heavy atom. The molecular formula is C22H18ClFN4O3S. The average molecular weight is 473 g/mol.